The predicted molar refractivity (Wildman–Crippen MR) is 44.0 cm³/mol. The highest BCUT2D eigenvalue weighted by molar-refractivity contribution is 7.80. The molecule has 0 aromatic carbocycles. The van der Waals surface area contributed by atoms with Crippen molar-refractivity contribution >= 4 is 17.2 Å². The van der Waals surface area contributed by atoms with Gasteiger partial charge in [-0.3, -0.25) is 4.68 Å². The fraction of sp³-hybridized carbons (Fsp3) is 0.333. The number of nitrogens with two attached hydrogens (primary N) is 1. The minimum atomic E-state index is -4.42. The normalized spacial score (nSPS) is 11.6. The number of aromatic nitrogens is 2. The van der Waals surface area contributed by atoms with Gasteiger partial charge in [-0.2, -0.15) is 18.3 Å². The van der Waals surface area contributed by atoms with Crippen LogP contribution in [-0.2, 0) is 12.7 Å². The molecule has 0 aliphatic carbocycles. The van der Waals surface area contributed by atoms with Crippen molar-refractivity contribution in [2.45, 2.75) is 12.7 Å². The van der Waals surface area contributed by atoms with Crippen molar-refractivity contribution in [3.8, 4) is 0 Å². The Labute approximate surface area is 77.3 Å². The van der Waals surface area contributed by atoms with E-state index in [2.05, 4.69) is 17.3 Å². The summed E-state index contributed by atoms with van der Waals surface area (Å²) < 4.78 is 37.0. The van der Waals surface area contributed by atoms with Crippen LogP contribution in [0.2, 0.25) is 0 Å². The molecule has 0 bridgehead atoms. The van der Waals surface area contributed by atoms with Crippen LogP contribution >= 0.6 is 12.2 Å². The molecule has 0 aliphatic heterocycles. The highest BCUT2D eigenvalue weighted by Crippen LogP contribution is 2.27. The van der Waals surface area contributed by atoms with Crippen LogP contribution < -0.4 is 5.73 Å². The van der Waals surface area contributed by atoms with E-state index >= 15 is 0 Å². The van der Waals surface area contributed by atoms with Gasteiger partial charge in [0.05, 0.1) is 11.5 Å². The lowest BCUT2D eigenvalue weighted by Crippen LogP contribution is -2.17. The van der Waals surface area contributed by atoms with Crippen molar-refractivity contribution in [2.75, 3.05) is 0 Å². The molecular formula is C6H6F3N3S. The van der Waals surface area contributed by atoms with Gasteiger partial charge >= 0.3 is 6.18 Å². The summed E-state index contributed by atoms with van der Waals surface area (Å²) in [5, 5.41) is 3.25. The quantitative estimate of drug-likeness (QED) is 0.744. The third-order valence-electron chi connectivity index (χ3n) is 1.25. The molecule has 3 nitrogen and oxygen atoms in total. The average Bonchev–Trinajstić information content (AvgIpc) is 2.32. The van der Waals surface area contributed by atoms with Crippen LogP contribution in [-0.4, -0.2) is 14.8 Å². The molecule has 0 saturated carbocycles. The lowest BCUT2D eigenvalue weighted by Gasteiger charge is -2.01. The van der Waals surface area contributed by atoms with Crippen molar-refractivity contribution in [1.82, 2.24) is 9.78 Å². The first-order valence-electron chi connectivity index (χ1n) is 3.28. The first-order chi connectivity index (χ1) is 5.89. The zero-order chi connectivity index (χ0) is 10.1. The third kappa shape index (κ3) is 2.69. The Morgan fingerprint density at radius 2 is 2.23 bits per heavy atom. The first kappa shape index (κ1) is 9.97. The molecule has 0 aliphatic rings. The number of halogens is 3. The molecule has 0 fully saturated rings. The summed E-state index contributed by atoms with van der Waals surface area (Å²) in [4.78, 5) is 0.0943. The maximum Gasteiger partial charge on any atom is 0.435 e. The van der Waals surface area contributed by atoms with Gasteiger partial charge in [-0.05, 0) is 6.07 Å². The van der Waals surface area contributed by atoms with Crippen LogP contribution in [0.3, 0.4) is 0 Å². The fourth-order valence-corrected chi connectivity index (χ4v) is 0.893. The van der Waals surface area contributed by atoms with Crippen molar-refractivity contribution in [3.63, 3.8) is 0 Å². The summed E-state index contributed by atoms with van der Waals surface area (Å²) in [5.74, 6) is 0. The number of thiocarbonyl (C=S) groups is 1. The Morgan fingerprint density at radius 3 is 2.62 bits per heavy atom. The van der Waals surface area contributed by atoms with Crippen molar-refractivity contribution < 1.29 is 13.2 Å². The summed E-state index contributed by atoms with van der Waals surface area (Å²) in [7, 11) is 0. The molecule has 0 radical (unpaired) electrons. The smallest absolute Gasteiger partial charge is 0.392 e. The molecule has 72 valence electrons. The van der Waals surface area contributed by atoms with E-state index in [0.29, 0.717) is 0 Å². The minimum absolute atomic E-state index is 0.0193. The van der Waals surface area contributed by atoms with Gasteiger partial charge in [0.25, 0.3) is 0 Å². The van der Waals surface area contributed by atoms with Crippen molar-refractivity contribution in [2.24, 2.45) is 5.73 Å². The molecule has 0 amide bonds. The molecule has 0 spiro atoms. The maximum absolute atomic E-state index is 12.0. The Kier molecular flexibility index (Phi) is 2.55. The van der Waals surface area contributed by atoms with Gasteiger partial charge in [-0.15, -0.1) is 0 Å². The zero-order valence-corrected chi connectivity index (χ0v) is 7.19. The summed E-state index contributed by atoms with van der Waals surface area (Å²) in [6.07, 6.45) is -3.23. The number of hydrogen-bond acceptors (Lipinski definition) is 2. The van der Waals surface area contributed by atoms with E-state index in [-0.39, 0.29) is 11.5 Å². The third-order valence-corrected chi connectivity index (χ3v) is 1.38. The summed E-state index contributed by atoms with van der Waals surface area (Å²) in [5.41, 5.74) is 4.19. The van der Waals surface area contributed by atoms with Crippen LogP contribution in [0.15, 0.2) is 12.3 Å². The molecule has 1 aromatic heterocycles. The van der Waals surface area contributed by atoms with Gasteiger partial charge in [0, 0.05) is 6.20 Å². The van der Waals surface area contributed by atoms with Gasteiger partial charge in [0.1, 0.15) is 0 Å². The number of rotatable bonds is 2. The SMILES string of the molecule is NC(=S)Cn1ccc(C(F)(F)F)n1. The Hall–Kier alpha value is -1.11. The predicted octanol–water partition coefficient (Wildman–Crippen LogP) is 1.19. The summed E-state index contributed by atoms with van der Waals surface area (Å²) >= 11 is 4.52. The monoisotopic (exact) mass is 209 g/mol. The molecule has 0 saturated heterocycles. The Morgan fingerprint density at radius 1 is 1.62 bits per heavy atom. The number of hydrogen-bond donors (Lipinski definition) is 1. The largest absolute Gasteiger partial charge is 0.435 e. The lowest BCUT2D eigenvalue weighted by atomic mass is 10.4. The van der Waals surface area contributed by atoms with Crippen LogP contribution in [0.4, 0.5) is 13.2 Å². The van der Waals surface area contributed by atoms with E-state index in [1.54, 1.807) is 0 Å². The molecule has 0 unspecified atom stereocenters. The molecule has 7 heteroatoms. The summed E-state index contributed by atoms with van der Waals surface area (Å²) in [6.45, 7) is 0.0193. The molecule has 1 aromatic rings. The van der Waals surface area contributed by atoms with Gasteiger partial charge in [0.2, 0.25) is 0 Å². The molecule has 2 N–H and O–H groups in total. The summed E-state index contributed by atoms with van der Waals surface area (Å²) in [6, 6.07) is 0.873. The van der Waals surface area contributed by atoms with E-state index in [4.69, 9.17) is 5.73 Å². The van der Waals surface area contributed by atoms with E-state index in [1.165, 1.54) is 6.20 Å². The van der Waals surface area contributed by atoms with Crippen LogP contribution in [0.5, 0.6) is 0 Å². The minimum Gasteiger partial charge on any atom is -0.392 e. The lowest BCUT2D eigenvalue weighted by molar-refractivity contribution is -0.141. The molecule has 0 atom stereocenters. The number of alkyl halides is 3. The van der Waals surface area contributed by atoms with E-state index in [9.17, 15) is 13.2 Å². The van der Waals surface area contributed by atoms with Crippen molar-refractivity contribution in [1.29, 1.82) is 0 Å². The van der Waals surface area contributed by atoms with Gasteiger partial charge in [-0.1, -0.05) is 12.2 Å². The van der Waals surface area contributed by atoms with Gasteiger partial charge < -0.3 is 5.73 Å². The van der Waals surface area contributed by atoms with Gasteiger partial charge in [0.15, 0.2) is 5.69 Å². The maximum atomic E-state index is 12.0. The second kappa shape index (κ2) is 3.33. The second-order valence-electron chi connectivity index (χ2n) is 2.36. The Balaban J connectivity index is 2.81. The number of nitrogens with zero attached hydrogens (tertiary/aromatic N) is 2. The van der Waals surface area contributed by atoms with E-state index < -0.39 is 11.9 Å². The van der Waals surface area contributed by atoms with Crippen LogP contribution in [0.1, 0.15) is 5.69 Å². The average molecular weight is 209 g/mol. The Bertz CT molecular complexity index is 317. The molecule has 1 heterocycles. The second-order valence-corrected chi connectivity index (χ2v) is 2.89. The fourth-order valence-electron chi connectivity index (χ4n) is 0.761. The van der Waals surface area contributed by atoms with E-state index in [1.807, 2.05) is 0 Å². The first-order valence-corrected chi connectivity index (χ1v) is 3.69. The van der Waals surface area contributed by atoms with Crippen LogP contribution in [0.25, 0.3) is 0 Å². The van der Waals surface area contributed by atoms with Crippen LogP contribution in [0, 0.1) is 0 Å². The zero-order valence-electron chi connectivity index (χ0n) is 6.38. The highest BCUT2D eigenvalue weighted by Gasteiger charge is 2.33. The molecule has 13 heavy (non-hydrogen) atoms. The molecule has 1 rings (SSSR count). The standard InChI is InChI=1S/C6H6F3N3S/c7-6(8,9)4-1-2-12(11-4)3-5(10)13/h1-2H,3H2,(H2,10,13). The van der Waals surface area contributed by atoms with Gasteiger partial charge in [-0.25, -0.2) is 0 Å². The highest BCUT2D eigenvalue weighted by atomic mass is 32.1. The molecular weight excluding hydrogens is 203 g/mol. The van der Waals surface area contributed by atoms with Crippen molar-refractivity contribution in [3.05, 3.63) is 18.0 Å². The van der Waals surface area contributed by atoms with E-state index in [0.717, 1.165) is 10.7 Å². The topological polar surface area (TPSA) is 43.8 Å².